The maximum atomic E-state index is 12.2. The van der Waals surface area contributed by atoms with Crippen molar-refractivity contribution in [1.82, 2.24) is 0 Å². The molecule has 0 amide bonds. The molecule has 0 saturated heterocycles. The van der Waals surface area contributed by atoms with Crippen molar-refractivity contribution >= 4 is 66.5 Å². The molecule has 0 radical (unpaired) electrons. The molecule has 1 aromatic carbocycles. The van der Waals surface area contributed by atoms with Crippen LogP contribution in [0.3, 0.4) is 0 Å². The number of hydrogen-bond acceptors (Lipinski definition) is 2. The minimum Gasteiger partial charge on any atom is -0.297 e. The monoisotopic (exact) mass is 544 g/mol. The van der Waals surface area contributed by atoms with E-state index in [0.717, 1.165) is 5.56 Å². The van der Waals surface area contributed by atoms with E-state index in [1.165, 1.54) is 0 Å². The maximum Gasteiger partial charge on any atom is 0.163 e. The quantitative estimate of drug-likeness (QED) is 0.280. The molecule has 0 heterocycles. The number of ketones is 2. The van der Waals surface area contributed by atoms with Gasteiger partial charge in [0.25, 0.3) is 0 Å². The van der Waals surface area contributed by atoms with E-state index in [1.807, 2.05) is 56.3 Å². The van der Waals surface area contributed by atoms with Gasteiger partial charge in [-0.1, -0.05) is 56.3 Å². The Kier molecular flexibility index (Phi) is 8.56. The molecule has 1 aliphatic rings. The van der Waals surface area contributed by atoms with Gasteiger partial charge in [-0.25, -0.2) is 0 Å². The number of allylic oxidation sites excluding steroid dienone is 1. The number of rotatable bonds is 3. The lowest BCUT2D eigenvalue weighted by atomic mass is 9.74. The fourth-order valence-corrected chi connectivity index (χ4v) is 2.75. The number of Topliss-reactive ketones (excluding diaryl/α,β-unsaturated/α-hetero) is 2. The molecule has 22 heavy (non-hydrogen) atoms. The average molecular weight is 545 g/mol. The summed E-state index contributed by atoms with van der Waals surface area (Å²) in [5, 5.41) is 0. The standard InChI is InChI=1S/C17H19ClO2.I2/c1-12(2)17(18)15(19)10-14(11-16(17)20)9-8-13-6-4-3-5-7-13;1-2/h3-9,12,14H,10-11H2,1-2H3;/b9-8+;. The first-order valence-corrected chi connectivity index (χ1v) is 13.7. The SMILES string of the molecule is CC(C)C1(Cl)C(=O)CC(/C=C/c2ccccc2)CC1=O.II. The van der Waals surface area contributed by atoms with Crippen LogP contribution >= 0.6 is 48.8 Å². The minimum atomic E-state index is -1.31. The van der Waals surface area contributed by atoms with Crippen molar-refractivity contribution in [2.24, 2.45) is 11.8 Å². The third-order valence-electron chi connectivity index (χ3n) is 3.86. The van der Waals surface area contributed by atoms with Gasteiger partial charge in [-0.15, -0.1) is 11.6 Å². The summed E-state index contributed by atoms with van der Waals surface area (Å²) in [5.41, 5.74) is 1.07. The second-order valence-electron chi connectivity index (χ2n) is 5.65. The normalized spacial score (nSPS) is 25.3. The molecule has 0 bridgehead atoms. The maximum absolute atomic E-state index is 12.2. The second kappa shape index (κ2) is 9.37. The van der Waals surface area contributed by atoms with Crippen LogP contribution in [0.15, 0.2) is 36.4 Å². The Morgan fingerprint density at radius 2 is 1.64 bits per heavy atom. The third kappa shape index (κ3) is 4.77. The third-order valence-corrected chi connectivity index (χ3v) is 4.72. The van der Waals surface area contributed by atoms with E-state index in [9.17, 15) is 9.59 Å². The van der Waals surface area contributed by atoms with Gasteiger partial charge in [0.05, 0.1) is 0 Å². The number of alkyl halides is 1. The first-order chi connectivity index (χ1) is 10.4. The topological polar surface area (TPSA) is 34.1 Å². The Morgan fingerprint density at radius 3 is 2.09 bits per heavy atom. The van der Waals surface area contributed by atoms with Gasteiger partial charge >= 0.3 is 0 Å². The van der Waals surface area contributed by atoms with Crippen molar-refractivity contribution < 1.29 is 9.59 Å². The molecule has 0 spiro atoms. The highest BCUT2D eigenvalue weighted by molar-refractivity contribution is 15.0. The number of hydrogen-bond donors (Lipinski definition) is 0. The van der Waals surface area contributed by atoms with Crippen LogP contribution in [0.4, 0.5) is 0 Å². The fourth-order valence-electron chi connectivity index (χ4n) is 2.59. The van der Waals surface area contributed by atoms with Crippen molar-refractivity contribution in [1.29, 1.82) is 0 Å². The highest BCUT2D eigenvalue weighted by Crippen LogP contribution is 2.37. The van der Waals surface area contributed by atoms with Crippen LogP contribution in [0, 0.1) is 11.8 Å². The summed E-state index contributed by atoms with van der Waals surface area (Å²) in [4.78, 5) is 23.1. The minimum absolute atomic E-state index is 0.0409. The predicted octanol–water partition coefficient (Wildman–Crippen LogP) is 5.65. The lowest BCUT2D eigenvalue weighted by Gasteiger charge is -2.34. The van der Waals surface area contributed by atoms with Crippen LogP contribution < -0.4 is 0 Å². The summed E-state index contributed by atoms with van der Waals surface area (Å²) in [6.45, 7) is 3.64. The van der Waals surface area contributed by atoms with Crippen molar-refractivity contribution in [3.05, 3.63) is 42.0 Å². The molecule has 0 unspecified atom stereocenters. The zero-order valence-corrected chi connectivity index (χ0v) is 17.6. The number of halogens is 3. The zero-order chi connectivity index (χ0) is 16.8. The predicted molar refractivity (Wildman–Crippen MR) is 110 cm³/mol. The average Bonchev–Trinajstić information content (AvgIpc) is 2.53. The van der Waals surface area contributed by atoms with E-state index < -0.39 is 4.87 Å². The number of carbonyl (C=O) groups is 2. The van der Waals surface area contributed by atoms with Gasteiger partial charge in [0, 0.05) is 50.1 Å². The molecule has 0 atom stereocenters. The molecule has 0 N–H and O–H groups in total. The van der Waals surface area contributed by atoms with E-state index in [0.29, 0.717) is 12.8 Å². The first-order valence-electron chi connectivity index (χ1n) is 7.07. The van der Waals surface area contributed by atoms with Crippen LogP contribution in [-0.4, -0.2) is 16.4 Å². The largest absolute Gasteiger partial charge is 0.297 e. The van der Waals surface area contributed by atoms with Crippen LogP contribution in [0.1, 0.15) is 32.3 Å². The zero-order valence-electron chi connectivity index (χ0n) is 12.6. The lowest BCUT2D eigenvalue weighted by Crippen LogP contribution is -2.50. The summed E-state index contributed by atoms with van der Waals surface area (Å²) in [6, 6.07) is 9.85. The van der Waals surface area contributed by atoms with Gasteiger partial charge in [-0.2, -0.15) is 0 Å². The van der Waals surface area contributed by atoms with Gasteiger partial charge in [0.2, 0.25) is 0 Å². The van der Waals surface area contributed by atoms with Crippen molar-refractivity contribution in [3.8, 4) is 0 Å². The van der Waals surface area contributed by atoms with Crippen LogP contribution in [0.2, 0.25) is 0 Å². The highest BCUT2D eigenvalue weighted by Gasteiger charge is 2.49. The molecule has 120 valence electrons. The van der Waals surface area contributed by atoms with E-state index in [1.54, 1.807) is 0 Å². The molecule has 1 aromatic rings. The molecule has 2 nitrogen and oxygen atoms in total. The Bertz CT molecular complexity index is 523. The van der Waals surface area contributed by atoms with Gasteiger partial charge in [-0.3, -0.25) is 9.59 Å². The molecule has 0 aromatic heterocycles. The van der Waals surface area contributed by atoms with Gasteiger partial charge in [0.15, 0.2) is 16.4 Å². The Morgan fingerprint density at radius 1 is 1.14 bits per heavy atom. The number of carbonyl (C=O) groups excluding carboxylic acids is 2. The smallest absolute Gasteiger partial charge is 0.163 e. The highest BCUT2D eigenvalue weighted by atomic mass is 128. The van der Waals surface area contributed by atoms with E-state index >= 15 is 0 Å². The number of benzene rings is 1. The molecule has 1 saturated carbocycles. The second-order valence-corrected chi connectivity index (χ2v) is 6.25. The van der Waals surface area contributed by atoms with Crippen LogP contribution in [0.5, 0.6) is 0 Å². The van der Waals surface area contributed by atoms with Crippen molar-refractivity contribution in [2.45, 2.75) is 31.6 Å². The summed E-state index contributed by atoms with van der Waals surface area (Å²) in [5.74, 6) is -0.495. The molecule has 2 rings (SSSR count). The Balaban J connectivity index is 0.00000116. The molecule has 5 heteroatoms. The van der Waals surface area contributed by atoms with Gasteiger partial charge in [0.1, 0.15) is 0 Å². The van der Waals surface area contributed by atoms with E-state index in [4.69, 9.17) is 11.6 Å². The molecule has 0 aliphatic heterocycles. The fraction of sp³-hybridized carbons (Fsp3) is 0.412. The van der Waals surface area contributed by atoms with Crippen LogP contribution in [-0.2, 0) is 9.59 Å². The van der Waals surface area contributed by atoms with Crippen LogP contribution in [0.25, 0.3) is 6.08 Å². The molecule has 1 fully saturated rings. The molecule has 1 aliphatic carbocycles. The summed E-state index contributed by atoms with van der Waals surface area (Å²) in [7, 11) is 0. The summed E-state index contributed by atoms with van der Waals surface area (Å²) in [6.07, 6.45) is 4.59. The van der Waals surface area contributed by atoms with Crippen molar-refractivity contribution in [3.63, 3.8) is 0 Å². The van der Waals surface area contributed by atoms with Crippen molar-refractivity contribution in [2.75, 3.05) is 0 Å². The molecular weight excluding hydrogens is 525 g/mol. The van der Waals surface area contributed by atoms with Gasteiger partial charge in [-0.05, 0) is 17.4 Å². The molecular formula is C17H19ClI2O2. The summed E-state index contributed by atoms with van der Waals surface area (Å²) >= 11 is 10.5. The van der Waals surface area contributed by atoms with Gasteiger partial charge < -0.3 is 0 Å². The van der Waals surface area contributed by atoms with E-state index in [-0.39, 0.29) is 23.4 Å². The first kappa shape index (κ1) is 20.1. The lowest BCUT2D eigenvalue weighted by molar-refractivity contribution is -0.136. The summed E-state index contributed by atoms with van der Waals surface area (Å²) < 4.78 is 0. The Hall–Kier alpha value is 0.0500. The Labute approximate surface area is 160 Å². The van der Waals surface area contributed by atoms with E-state index in [2.05, 4.69) is 37.2 Å².